The molecule has 5 heterocycles. The van der Waals surface area contributed by atoms with Crippen LogP contribution in [-0.4, -0.2) is 97.5 Å². The van der Waals surface area contributed by atoms with Crippen LogP contribution in [0.25, 0.3) is 33.9 Å². The van der Waals surface area contributed by atoms with Crippen molar-refractivity contribution < 1.29 is 5.11 Å². The second kappa shape index (κ2) is 13.6. The normalized spacial score (nSPS) is 16.7. The molecule has 7 rings (SSSR count). The van der Waals surface area contributed by atoms with Gasteiger partial charge in [0.2, 0.25) is 5.95 Å². The summed E-state index contributed by atoms with van der Waals surface area (Å²) < 4.78 is 0. The van der Waals surface area contributed by atoms with Crippen LogP contribution in [0, 0.1) is 0 Å². The van der Waals surface area contributed by atoms with Crippen LogP contribution in [0.1, 0.15) is 30.1 Å². The van der Waals surface area contributed by atoms with Crippen LogP contribution in [0.5, 0.6) is 0 Å². The number of aliphatic hydroxyl groups is 1. The van der Waals surface area contributed by atoms with E-state index < -0.39 is 0 Å². The Kier molecular flexibility index (Phi) is 8.86. The van der Waals surface area contributed by atoms with Gasteiger partial charge in [0, 0.05) is 68.7 Å². The summed E-state index contributed by atoms with van der Waals surface area (Å²) in [6.07, 6.45) is 5.85. The Morgan fingerprint density at radius 2 is 1.53 bits per heavy atom. The molecular formula is C35H39N9O. The molecule has 2 fully saturated rings. The van der Waals surface area contributed by atoms with E-state index in [1.54, 1.807) is 6.20 Å². The van der Waals surface area contributed by atoms with Crippen LogP contribution in [0.2, 0.25) is 0 Å². The Morgan fingerprint density at radius 1 is 0.756 bits per heavy atom. The number of anilines is 1. The van der Waals surface area contributed by atoms with Crippen molar-refractivity contribution >= 4 is 5.95 Å². The van der Waals surface area contributed by atoms with Gasteiger partial charge in [0.25, 0.3) is 0 Å². The topological polar surface area (TPSA) is 110 Å². The highest BCUT2D eigenvalue weighted by Crippen LogP contribution is 2.32. The molecule has 0 radical (unpaired) electrons. The molecule has 230 valence electrons. The minimum Gasteiger partial charge on any atom is -0.395 e. The molecule has 10 heteroatoms. The zero-order chi connectivity index (χ0) is 30.4. The van der Waals surface area contributed by atoms with E-state index in [0.717, 1.165) is 104 Å². The number of benzene rings is 2. The zero-order valence-electron chi connectivity index (χ0n) is 25.5. The number of nitrogens with one attached hydrogen (secondary N) is 1. The van der Waals surface area contributed by atoms with Gasteiger partial charge < -0.3 is 15.0 Å². The quantitative estimate of drug-likeness (QED) is 0.253. The highest BCUT2D eigenvalue weighted by atomic mass is 16.3. The number of piperazine rings is 1. The van der Waals surface area contributed by atoms with Crippen LogP contribution in [0.15, 0.2) is 85.2 Å². The summed E-state index contributed by atoms with van der Waals surface area (Å²) in [6.45, 7) is 7.36. The smallest absolute Gasteiger partial charge is 0.225 e. The van der Waals surface area contributed by atoms with Crippen molar-refractivity contribution in [2.75, 3.05) is 57.3 Å². The second-order valence-corrected chi connectivity index (χ2v) is 11.9. The van der Waals surface area contributed by atoms with E-state index in [2.05, 4.69) is 83.4 Å². The summed E-state index contributed by atoms with van der Waals surface area (Å²) in [5.74, 6) is 2.85. The molecule has 0 aliphatic carbocycles. The fraction of sp³-hybridized carbons (Fsp3) is 0.343. The largest absolute Gasteiger partial charge is 0.395 e. The van der Waals surface area contributed by atoms with Crippen molar-refractivity contribution in [1.29, 1.82) is 0 Å². The second-order valence-electron chi connectivity index (χ2n) is 11.9. The lowest BCUT2D eigenvalue weighted by Crippen LogP contribution is -2.47. The molecule has 3 aromatic heterocycles. The average Bonchev–Trinajstić information content (AvgIpc) is 3.61. The van der Waals surface area contributed by atoms with Crippen molar-refractivity contribution in [3.63, 3.8) is 0 Å². The number of H-pyrrole nitrogens is 1. The number of nitrogens with zero attached hydrogens (tertiary/aromatic N) is 8. The Morgan fingerprint density at radius 3 is 2.27 bits per heavy atom. The van der Waals surface area contributed by atoms with Gasteiger partial charge >= 0.3 is 0 Å². The molecule has 2 aromatic carbocycles. The Hall–Kier alpha value is -4.51. The molecular weight excluding hydrogens is 562 g/mol. The van der Waals surface area contributed by atoms with Crippen LogP contribution in [0.3, 0.4) is 0 Å². The van der Waals surface area contributed by atoms with E-state index in [4.69, 9.17) is 9.97 Å². The van der Waals surface area contributed by atoms with Gasteiger partial charge in [0.05, 0.1) is 12.3 Å². The van der Waals surface area contributed by atoms with Gasteiger partial charge in [-0.2, -0.15) is 0 Å². The van der Waals surface area contributed by atoms with Crippen molar-refractivity contribution in [3.8, 4) is 33.9 Å². The SMILES string of the molecule is OCCN1CCN(c2ncc(-c3ccccc3)c(-c3ccc(CN4CCC(c5nnc(-c6ccccn6)[nH]5)CC4)cc3)n2)CC1. The Bertz CT molecular complexity index is 1660. The predicted octanol–water partition coefficient (Wildman–Crippen LogP) is 4.48. The number of hydrogen-bond donors (Lipinski definition) is 2. The third-order valence-corrected chi connectivity index (χ3v) is 8.95. The zero-order valence-corrected chi connectivity index (χ0v) is 25.5. The van der Waals surface area contributed by atoms with Gasteiger partial charge in [-0.15, -0.1) is 10.2 Å². The molecule has 0 saturated carbocycles. The third-order valence-electron chi connectivity index (χ3n) is 8.95. The number of likely N-dealkylation sites (tertiary alicyclic amines) is 1. The first-order valence-electron chi connectivity index (χ1n) is 15.9. The first-order chi connectivity index (χ1) is 22.2. The van der Waals surface area contributed by atoms with Crippen LogP contribution in [0.4, 0.5) is 5.95 Å². The predicted molar refractivity (Wildman–Crippen MR) is 176 cm³/mol. The van der Waals surface area contributed by atoms with Crippen molar-refractivity contribution in [2.45, 2.75) is 25.3 Å². The van der Waals surface area contributed by atoms with Crippen molar-refractivity contribution in [1.82, 2.24) is 39.9 Å². The number of hydrogen-bond acceptors (Lipinski definition) is 9. The lowest BCUT2D eigenvalue weighted by molar-refractivity contribution is 0.188. The molecule has 2 aliphatic heterocycles. The average molecular weight is 602 g/mol. The molecule has 10 nitrogen and oxygen atoms in total. The summed E-state index contributed by atoms with van der Waals surface area (Å²) in [6, 6.07) is 25.1. The molecule has 0 bridgehead atoms. The molecule has 0 spiro atoms. The summed E-state index contributed by atoms with van der Waals surface area (Å²) >= 11 is 0. The van der Waals surface area contributed by atoms with Gasteiger partial charge in [0.15, 0.2) is 5.82 Å². The van der Waals surface area contributed by atoms with Crippen molar-refractivity contribution in [2.24, 2.45) is 0 Å². The maximum absolute atomic E-state index is 9.31. The summed E-state index contributed by atoms with van der Waals surface area (Å²) in [4.78, 5) is 24.8. The van der Waals surface area contributed by atoms with E-state index in [1.165, 1.54) is 5.56 Å². The fourth-order valence-electron chi connectivity index (χ4n) is 6.35. The molecule has 2 aliphatic rings. The van der Waals surface area contributed by atoms with E-state index in [-0.39, 0.29) is 6.61 Å². The highest BCUT2D eigenvalue weighted by molar-refractivity contribution is 5.81. The molecule has 0 amide bonds. The van der Waals surface area contributed by atoms with Gasteiger partial charge in [-0.25, -0.2) is 9.97 Å². The van der Waals surface area contributed by atoms with E-state index in [0.29, 0.717) is 12.5 Å². The van der Waals surface area contributed by atoms with Gasteiger partial charge in [-0.05, 0) is 49.2 Å². The number of pyridine rings is 1. The maximum atomic E-state index is 9.31. The van der Waals surface area contributed by atoms with E-state index in [9.17, 15) is 5.11 Å². The minimum absolute atomic E-state index is 0.192. The van der Waals surface area contributed by atoms with E-state index in [1.807, 2.05) is 30.5 Å². The lowest BCUT2D eigenvalue weighted by atomic mass is 9.95. The number of piperidine rings is 1. The molecule has 0 atom stereocenters. The highest BCUT2D eigenvalue weighted by Gasteiger charge is 2.24. The maximum Gasteiger partial charge on any atom is 0.225 e. The number of aliphatic hydroxyl groups excluding tert-OH is 1. The van der Waals surface area contributed by atoms with Gasteiger partial charge in [0.1, 0.15) is 11.5 Å². The summed E-state index contributed by atoms with van der Waals surface area (Å²) in [7, 11) is 0. The first kappa shape index (κ1) is 29.2. The van der Waals surface area contributed by atoms with Gasteiger partial charge in [-0.1, -0.05) is 60.7 Å². The molecule has 2 saturated heterocycles. The lowest BCUT2D eigenvalue weighted by Gasteiger charge is -2.34. The van der Waals surface area contributed by atoms with E-state index >= 15 is 0 Å². The number of rotatable bonds is 9. The number of β-amino-alcohol motifs (C(OH)–C–C–N with tert-alkyl or cyclic N) is 1. The van der Waals surface area contributed by atoms with Crippen LogP contribution >= 0.6 is 0 Å². The van der Waals surface area contributed by atoms with Crippen molar-refractivity contribution in [3.05, 3.63) is 96.6 Å². The number of aromatic amines is 1. The standard InChI is InChI=1S/C35H39N9O/c45-23-22-42-18-20-44(21-19-42)35-37-24-30(27-6-2-1-3-7-27)32(38-35)28-11-9-26(10-12-28)25-43-16-13-29(14-17-43)33-39-34(41-40-33)31-8-4-5-15-36-31/h1-12,15,24,29,45H,13-14,16-23,25H2,(H,39,40,41). The molecule has 45 heavy (non-hydrogen) atoms. The third kappa shape index (κ3) is 6.78. The molecule has 5 aromatic rings. The van der Waals surface area contributed by atoms with Crippen LogP contribution in [-0.2, 0) is 6.54 Å². The van der Waals surface area contributed by atoms with Gasteiger partial charge in [-0.3, -0.25) is 14.8 Å². The minimum atomic E-state index is 0.192. The summed E-state index contributed by atoms with van der Waals surface area (Å²) in [5, 5.41) is 18.1. The fourth-order valence-corrected chi connectivity index (χ4v) is 6.35. The molecule has 2 N–H and O–H groups in total. The van der Waals surface area contributed by atoms with Crippen LogP contribution < -0.4 is 4.90 Å². The Balaban J connectivity index is 1.03. The molecule has 0 unspecified atom stereocenters. The monoisotopic (exact) mass is 601 g/mol. The number of aromatic nitrogens is 6. The first-order valence-corrected chi connectivity index (χ1v) is 15.9. The summed E-state index contributed by atoms with van der Waals surface area (Å²) in [5.41, 5.74) is 6.30. The Labute approximate surface area is 263 Å².